The molecule has 62 valence electrons. The third kappa shape index (κ3) is 2.08. The number of nitrogens with zero attached hydrogens (tertiary/aromatic N) is 3. The van der Waals surface area contributed by atoms with Gasteiger partial charge in [-0.3, -0.25) is 0 Å². The number of ether oxygens (including phenoxy) is 1. The van der Waals surface area contributed by atoms with Crippen molar-refractivity contribution in [1.82, 2.24) is 0 Å². The van der Waals surface area contributed by atoms with Gasteiger partial charge in [0.1, 0.15) is 6.23 Å². The molecule has 0 aliphatic carbocycles. The van der Waals surface area contributed by atoms with Gasteiger partial charge >= 0.3 is 0 Å². The van der Waals surface area contributed by atoms with Crippen molar-refractivity contribution in [3.8, 4) is 0 Å². The summed E-state index contributed by atoms with van der Waals surface area (Å²) in [5.41, 5.74) is 8.13. The summed E-state index contributed by atoms with van der Waals surface area (Å²) in [5.74, 6) is -0.0142. The Kier molecular flexibility index (Phi) is 3.16. The van der Waals surface area contributed by atoms with Gasteiger partial charge in [-0.1, -0.05) is 5.11 Å². The Morgan fingerprint density at radius 2 is 2.55 bits per heavy atom. The molecule has 5 nitrogen and oxygen atoms in total. The monoisotopic (exact) mass is 157 g/mol. The highest BCUT2D eigenvalue weighted by atomic mass is 16.5. The van der Waals surface area contributed by atoms with Crippen LogP contribution in [0.25, 0.3) is 10.4 Å². The zero-order chi connectivity index (χ0) is 8.10. The van der Waals surface area contributed by atoms with Crippen LogP contribution in [-0.4, -0.2) is 24.5 Å². The molecule has 1 aliphatic rings. The molecule has 1 aliphatic heterocycles. The summed E-state index contributed by atoms with van der Waals surface area (Å²) in [6.07, 6.45) is 1.35. The zero-order valence-electron chi connectivity index (χ0n) is 6.18. The van der Waals surface area contributed by atoms with Crippen LogP contribution in [0.1, 0.15) is 12.8 Å². The van der Waals surface area contributed by atoms with Crippen molar-refractivity contribution < 1.29 is 9.84 Å². The van der Waals surface area contributed by atoms with Crippen molar-refractivity contribution in [3.05, 3.63) is 10.4 Å². The maximum absolute atomic E-state index is 8.82. The van der Waals surface area contributed by atoms with Gasteiger partial charge < -0.3 is 9.84 Å². The molecule has 0 spiro atoms. The van der Waals surface area contributed by atoms with E-state index in [1.807, 2.05) is 0 Å². The summed E-state index contributed by atoms with van der Waals surface area (Å²) in [6.45, 7) is 0.657. The second kappa shape index (κ2) is 4.18. The number of aliphatic hydroxyl groups is 1. The number of azide groups is 1. The maximum atomic E-state index is 8.82. The highest BCUT2D eigenvalue weighted by molar-refractivity contribution is 4.72. The summed E-state index contributed by atoms with van der Waals surface area (Å²) in [7, 11) is 0. The van der Waals surface area contributed by atoms with Crippen LogP contribution in [0, 0.1) is 5.92 Å². The van der Waals surface area contributed by atoms with Gasteiger partial charge in [0.15, 0.2) is 0 Å². The first-order valence-corrected chi connectivity index (χ1v) is 3.65. The molecule has 1 fully saturated rings. The first-order valence-electron chi connectivity index (χ1n) is 3.65. The van der Waals surface area contributed by atoms with E-state index in [0.717, 1.165) is 12.8 Å². The van der Waals surface area contributed by atoms with E-state index in [1.54, 1.807) is 0 Å². The van der Waals surface area contributed by atoms with Crippen LogP contribution in [0.15, 0.2) is 5.11 Å². The van der Waals surface area contributed by atoms with Gasteiger partial charge in [-0.2, -0.15) is 0 Å². The van der Waals surface area contributed by atoms with E-state index in [0.29, 0.717) is 6.61 Å². The van der Waals surface area contributed by atoms with Crippen LogP contribution >= 0.6 is 0 Å². The average Bonchev–Trinajstić information content (AvgIpc) is 2.06. The van der Waals surface area contributed by atoms with Crippen LogP contribution in [0.5, 0.6) is 0 Å². The molecule has 0 radical (unpaired) electrons. The van der Waals surface area contributed by atoms with Gasteiger partial charge in [0.25, 0.3) is 0 Å². The fraction of sp³-hybridized carbons (Fsp3) is 1.00. The third-order valence-electron chi connectivity index (χ3n) is 1.81. The lowest BCUT2D eigenvalue weighted by Gasteiger charge is -2.26. The molecule has 0 saturated carbocycles. The number of hydrogen-bond donors (Lipinski definition) is 1. The summed E-state index contributed by atoms with van der Waals surface area (Å²) >= 11 is 0. The van der Waals surface area contributed by atoms with Crippen molar-refractivity contribution in [2.75, 3.05) is 13.2 Å². The second-order valence-electron chi connectivity index (χ2n) is 2.55. The Hall–Kier alpha value is -0.770. The van der Waals surface area contributed by atoms with E-state index in [9.17, 15) is 0 Å². The van der Waals surface area contributed by atoms with Crippen LogP contribution in [-0.2, 0) is 4.74 Å². The maximum Gasteiger partial charge on any atom is 0.141 e. The van der Waals surface area contributed by atoms with E-state index >= 15 is 0 Å². The van der Waals surface area contributed by atoms with Crippen molar-refractivity contribution >= 4 is 0 Å². The Labute approximate surface area is 64.6 Å². The first-order chi connectivity index (χ1) is 5.38. The van der Waals surface area contributed by atoms with Crippen molar-refractivity contribution in [2.45, 2.75) is 19.1 Å². The molecule has 0 bridgehead atoms. The van der Waals surface area contributed by atoms with Crippen LogP contribution < -0.4 is 0 Å². The Bertz CT molecular complexity index is 167. The van der Waals surface area contributed by atoms with Gasteiger partial charge in [-0.25, -0.2) is 0 Å². The number of aliphatic hydroxyl groups excluding tert-OH is 1. The smallest absolute Gasteiger partial charge is 0.141 e. The van der Waals surface area contributed by atoms with Gasteiger partial charge in [0.2, 0.25) is 0 Å². The van der Waals surface area contributed by atoms with Crippen LogP contribution in [0.3, 0.4) is 0 Å². The average molecular weight is 157 g/mol. The molecule has 1 rings (SSSR count). The van der Waals surface area contributed by atoms with Crippen molar-refractivity contribution in [2.24, 2.45) is 11.0 Å². The minimum absolute atomic E-state index is 0.0142. The van der Waals surface area contributed by atoms with Crippen LogP contribution in [0.2, 0.25) is 0 Å². The Morgan fingerprint density at radius 3 is 3.18 bits per heavy atom. The minimum Gasteiger partial charge on any atom is -0.396 e. The van der Waals surface area contributed by atoms with Gasteiger partial charge in [0.05, 0.1) is 0 Å². The molecular formula is C6H11N3O2. The molecule has 5 heteroatoms. The van der Waals surface area contributed by atoms with Crippen molar-refractivity contribution in [3.63, 3.8) is 0 Å². The largest absolute Gasteiger partial charge is 0.396 e. The van der Waals surface area contributed by atoms with E-state index in [4.69, 9.17) is 15.4 Å². The fourth-order valence-corrected chi connectivity index (χ4v) is 1.19. The Balaban J connectivity index is 2.50. The van der Waals surface area contributed by atoms with Crippen LogP contribution in [0.4, 0.5) is 0 Å². The molecule has 1 saturated heterocycles. The van der Waals surface area contributed by atoms with Gasteiger partial charge in [-0.15, -0.1) is 0 Å². The fourth-order valence-electron chi connectivity index (χ4n) is 1.19. The number of hydrogen-bond acceptors (Lipinski definition) is 3. The van der Waals surface area contributed by atoms with E-state index in [2.05, 4.69) is 10.0 Å². The van der Waals surface area contributed by atoms with Gasteiger partial charge in [0, 0.05) is 24.0 Å². The Morgan fingerprint density at radius 1 is 1.73 bits per heavy atom. The van der Waals surface area contributed by atoms with E-state index in [1.165, 1.54) is 0 Å². The lowest BCUT2D eigenvalue weighted by atomic mass is 10.0. The van der Waals surface area contributed by atoms with Crippen molar-refractivity contribution in [1.29, 1.82) is 0 Å². The standard InChI is InChI=1S/C6H11N3O2/c7-9-8-6-5(4-10)2-1-3-11-6/h5-6,10H,1-4H2. The van der Waals surface area contributed by atoms with Gasteiger partial charge in [-0.05, 0) is 18.4 Å². The third-order valence-corrected chi connectivity index (χ3v) is 1.81. The highest BCUT2D eigenvalue weighted by Gasteiger charge is 2.23. The minimum atomic E-state index is -0.459. The molecule has 0 amide bonds. The lowest BCUT2D eigenvalue weighted by molar-refractivity contribution is -0.0391. The summed E-state index contributed by atoms with van der Waals surface area (Å²) in [4.78, 5) is 2.65. The number of rotatable bonds is 2. The predicted octanol–water partition coefficient (Wildman–Crippen LogP) is 1.04. The summed E-state index contributed by atoms with van der Waals surface area (Å²) < 4.78 is 5.14. The van der Waals surface area contributed by atoms with E-state index in [-0.39, 0.29) is 12.5 Å². The molecule has 0 aromatic carbocycles. The molecule has 11 heavy (non-hydrogen) atoms. The quantitative estimate of drug-likeness (QED) is 0.369. The SMILES string of the molecule is [N-]=[N+]=NC1OCCCC1CO. The molecule has 2 unspecified atom stereocenters. The molecule has 0 aromatic rings. The molecule has 0 aromatic heterocycles. The highest BCUT2D eigenvalue weighted by Crippen LogP contribution is 2.20. The first kappa shape index (κ1) is 8.33. The molecule has 2 atom stereocenters. The molecule has 1 heterocycles. The normalized spacial score (nSPS) is 31.0. The predicted molar refractivity (Wildman–Crippen MR) is 38.7 cm³/mol. The topological polar surface area (TPSA) is 78.2 Å². The molecule has 1 N–H and O–H groups in total. The lowest BCUT2D eigenvalue weighted by Crippen LogP contribution is -2.29. The summed E-state index contributed by atoms with van der Waals surface area (Å²) in [5, 5.41) is 12.3. The zero-order valence-corrected chi connectivity index (χ0v) is 6.18. The second-order valence-corrected chi connectivity index (χ2v) is 2.55. The summed E-state index contributed by atoms with van der Waals surface area (Å²) in [6, 6.07) is 0. The molecular weight excluding hydrogens is 146 g/mol. The van der Waals surface area contributed by atoms with E-state index < -0.39 is 6.23 Å².